The second kappa shape index (κ2) is 18.0. The van der Waals surface area contributed by atoms with Gasteiger partial charge >= 0.3 is 0 Å². The standard InChI is InChI=1S/C38H48O6S2/c1-5-8-37(39-4)43-25-27(2)23-41-31-14-10-29(11-15-31)33-18-20-35(45-33)36-21-19-34(46-36)30-12-16-32(17-13-30)42-24-28(3)26-44-38-9-6-7-22-40-38/h10-21,27-28,37-38H,5-9,22-26H2,1-4H3. The van der Waals surface area contributed by atoms with Crippen LogP contribution in [0.5, 0.6) is 11.5 Å². The number of hydrogen-bond acceptors (Lipinski definition) is 8. The lowest BCUT2D eigenvalue weighted by Gasteiger charge is -2.24. The van der Waals surface area contributed by atoms with Crippen molar-refractivity contribution in [3.63, 3.8) is 0 Å². The Labute approximate surface area is 282 Å². The summed E-state index contributed by atoms with van der Waals surface area (Å²) >= 11 is 3.63. The molecule has 0 radical (unpaired) electrons. The first-order valence-electron chi connectivity index (χ1n) is 16.5. The molecule has 2 aromatic carbocycles. The van der Waals surface area contributed by atoms with E-state index in [-0.39, 0.29) is 18.5 Å². The van der Waals surface area contributed by atoms with Crippen LogP contribution in [-0.2, 0) is 18.9 Å². The largest absolute Gasteiger partial charge is 0.493 e. The smallest absolute Gasteiger partial charge is 0.157 e. The first kappa shape index (κ1) is 34.6. The third kappa shape index (κ3) is 10.4. The van der Waals surface area contributed by atoms with Crippen molar-refractivity contribution in [1.82, 2.24) is 0 Å². The van der Waals surface area contributed by atoms with Crippen molar-refractivity contribution in [2.75, 3.05) is 40.1 Å². The van der Waals surface area contributed by atoms with Crippen molar-refractivity contribution in [3.8, 4) is 42.1 Å². The molecule has 4 unspecified atom stereocenters. The van der Waals surface area contributed by atoms with Crippen LogP contribution >= 0.6 is 22.7 Å². The molecule has 6 nitrogen and oxygen atoms in total. The van der Waals surface area contributed by atoms with Gasteiger partial charge < -0.3 is 28.4 Å². The summed E-state index contributed by atoms with van der Waals surface area (Å²) in [4.78, 5) is 5.03. The Hall–Kier alpha value is -2.72. The Kier molecular flexibility index (Phi) is 13.5. The minimum absolute atomic E-state index is 0.0512. The van der Waals surface area contributed by atoms with E-state index >= 15 is 0 Å². The number of rotatable bonds is 18. The topological polar surface area (TPSA) is 55.4 Å². The maximum atomic E-state index is 6.05. The third-order valence-corrected chi connectivity index (χ3v) is 10.3. The maximum Gasteiger partial charge on any atom is 0.157 e. The summed E-state index contributed by atoms with van der Waals surface area (Å²) in [6.07, 6.45) is 5.06. The normalized spacial score (nSPS) is 17.0. The van der Waals surface area contributed by atoms with Crippen molar-refractivity contribution in [2.45, 2.75) is 65.5 Å². The molecule has 2 aromatic heterocycles. The third-order valence-electron chi connectivity index (χ3n) is 7.86. The lowest BCUT2D eigenvalue weighted by molar-refractivity contribution is -0.169. The molecule has 0 aliphatic carbocycles. The molecule has 0 bridgehead atoms. The fourth-order valence-corrected chi connectivity index (χ4v) is 7.26. The van der Waals surface area contributed by atoms with E-state index in [4.69, 9.17) is 28.4 Å². The van der Waals surface area contributed by atoms with E-state index in [1.807, 2.05) is 22.7 Å². The molecule has 5 rings (SSSR count). The number of benzene rings is 2. The number of hydrogen-bond donors (Lipinski definition) is 0. The van der Waals surface area contributed by atoms with Crippen LogP contribution in [0.2, 0.25) is 0 Å². The molecule has 0 spiro atoms. The summed E-state index contributed by atoms with van der Waals surface area (Å²) in [6, 6.07) is 25.6. The highest BCUT2D eigenvalue weighted by molar-refractivity contribution is 7.25. The van der Waals surface area contributed by atoms with Gasteiger partial charge in [0.15, 0.2) is 12.6 Å². The van der Waals surface area contributed by atoms with Gasteiger partial charge in [-0.1, -0.05) is 27.2 Å². The predicted molar refractivity (Wildman–Crippen MR) is 189 cm³/mol. The molecule has 248 valence electrons. The van der Waals surface area contributed by atoms with E-state index in [0.717, 1.165) is 43.8 Å². The maximum absolute atomic E-state index is 6.05. The Balaban J connectivity index is 1.08. The van der Waals surface area contributed by atoms with E-state index < -0.39 is 0 Å². The summed E-state index contributed by atoms with van der Waals surface area (Å²) in [5.41, 5.74) is 2.39. The van der Waals surface area contributed by atoms with Crippen LogP contribution in [-0.4, -0.2) is 52.7 Å². The van der Waals surface area contributed by atoms with Crippen LogP contribution in [0, 0.1) is 11.8 Å². The van der Waals surface area contributed by atoms with E-state index in [9.17, 15) is 0 Å². The summed E-state index contributed by atoms with van der Waals surface area (Å²) in [5.74, 6) is 2.33. The molecule has 46 heavy (non-hydrogen) atoms. The van der Waals surface area contributed by atoms with Crippen LogP contribution in [0.25, 0.3) is 30.6 Å². The van der Waals surface area contributed by atoms with Crippen molar-refractivity contribution in [3.05, 3.63) is 72.8 Å². The van der Waals surface area contributed by atoms with Crippen molar-refractivity contribution in [1.29, 1.82) is 0 Å². The molecule has 4 atom stereocenters. The van der Waals surface area contributed by atoms with Crippen LogP contribution in [0.1, 0.15) is 52.9 Å². The van der Waals surface area contributed by atoms with Gasteiger partial charge in [0.05, 0.1) is 26.4 Å². The van der Waals surface area contributed by atoms with Gasteiger partial charge in [0.1, 0.15) is 11.5 Å². The van der Waals surface area contributed by atoms with Gasteiger partial charge in [-0.25, -0.2) is 0 Å². The van der Waals surface area contributed by atoms with Gasteiger partial charge in [0, 0.05) is 45.1 Å². The number of ether oxygens (including phenoxy) is 6. The molecule has 1 aliphatic heterocycles. The van der Waals surface area contributed by atoms with Gasteiger partial charge in [-0.05, 0) is 110 Å². The lowest BCUT2D eigenvalue weighted by Crippen LogP contribution is -2.26. The van der Waals surface area contributed by atoms with Crippen LogP contribution < -0.4 is 9.47 Å². The number of thiophene rings is 2. The quantitative estimate of drug-likeness (QED) is 0.0987. The molecule has 1 saturated heterocycles. The Morgan fingerprint density at radius 1 is 0.696 bits per heavy atom. The summed E-state index contributed by atoms with van der Waals surface area (Å²) < 4.78 is 34.9. The zero-order chi connectivity index (χ0) is 32.1. The average molecular weight is 665 g/mol. The molecule has 0 N–H and O–H groups in total. The van der Waals surface area contributed by atoms with Crippen molar-refractivity contribution in [2.24, 2.45) is 11.8 Å². The SMILES string of the molecule is CCCC(OC)OCC(C)COc1ccc(-c2ccc(-c3ccc(-c4ccc(OCC(C)COC5CCCCO5)cc4)s3)s2)cc1. The molecule has 1 fully saturated rings. The summed E-state index contributed by atoms with van der Waals surface area (Å²) in [6.45, 7) is 9.71. The molecular formula is C38H48O6S2. The highest BCUT2D eigenvalue weighted by Crippen LogP contribution is 2.40. The molecule has 0 amide bonds. The Morgan fingerprint density at radius 3 is 1.74 bits per heavy atom. The molecule has 0 saturated carbocycles. The van der Waals surface area contributed by atoms with E-state index in [0.29, 0.717) is 32.3 Å². The predicted octanol–water partition coefficient (Wildman–Crippen LogP) is 10.2. The van der Waals surface area contributed by atoms with Crippen LogP contribution in [0.3, 0.4) is 0 Å². The fraction of sp³-hybridized carbons (Fsp3) is 0.474. The first-order chi connectivity index (χ1) is 22.5. The first-order valence-corrected chi connectivity index (χ1v) is 18.2. The van der Waals surface area contributed by atoms with Gasteiger partial charge in [-0.15, -0.1) is 22.7 Å². The minimum atomic E-state index is -0.137. The second-order valence-electron chi connectivity index (χ2n) is 12.1. The van der Waals surface area contributed by atoms with E-state index in [2.05, 4.69) is 93.6 Å². The second-order valence-corrected chi connectivity index (χ2v) is 14.3. The Bertz CT molecular complexity index is 1330. The lowest BCUT2D eigenvalue weighted by atomic mass is 10.2. The summed E-state index contributed by atoms with van der Waals surface area (Å²) in [5, 5.41) is 0. The van der Waals surface area contributed by atoms with Gasteiger partial charge in [-0.2, -0.15) is 0 Å². The van der Waals surface area contributed by atoms with E-state index in [1.165, 1.54) is 37.1 Å². The molecular weight excluding hydrogens is 617 g/mol. The zero-order valence-electron chi connectivity index (χ0n) is 27.6. The van der Waals surface area contributed by atoms with Crippen LogP contribution in [0.15, 0.2) is 72.8 Å². The molecule has 4 aromatic rings. The molecule has 3 heterocycles. The van der Waals surface area contributed by atoms with E-state index in [1.54, 1.807) is 7.11 Å². The van der Waals surface area contributed by atoms with Gasteiger partial charge in [-0.3, -0.25) is 0 Å². The minimum Gasteiger partial charge on any atom is -0.493 e. The summed E-state index contributed by atoms with van der Waals surface area (Å²) in [7, 11) is 1.70. The molecule has 8 heteroatoms. The highest BCUT2D eigenvalue weighted by Gasteiger charge is 2.16. The number of methoxy groups -OCH3 is 1. The van der Waals surface area contributed by atoms with Gasteiger partial charge in [0.2, 0.25) is 0 Å². The zero-order valence-corrected chi connectivity index (χ0v) is 29.2. The fourth-order valence-electron chi connectivity index (χ4n) is 5.15. The monoisotopic (exact) mass is 664 g/mol. The van der Waals surface area contributed by atoms with Crippen molar-refractivity contribution >= 4 is 22.7 Å². The van der Waals surface area contributed by atoms with Gasteiger partial charge in [0.25, 0.3) is 0 Å². The molecule has 1 aliphatic rings. The van der Waals surface area contributed by atoms with Crippen molar-refractivity contribution < 1.29 is 28.4 Å². The van der Waals surface area contributed by atoms with Crippen LogP contribution in [0.4, 0.5) is 0 Å². The highest BCUT2D eigenvalue weighted by atomic mass is 32.1. The Morgan fingerprint density at radius 2 is 1.24 bits per heavy atom. The average Bonchev–Trinajstić information content (AvgIpc) is 3.79.